The van der Waals surface area contributed by atoms with Gasteiger partial charge < -0.3 is 16.4 Å². The molecule has 0 aromatic carbocycles. The fourth-order valence-corrected chi connectivity index (χ4v) is 1.59. The monoisotopic (exact) mass is 285 g/mol. The number of amides is 1. The second-order valence-corrected chi connectivity index (χ2v) is 5.05. The van der Waals surface area contributed by atoms with E-state index in [1.807, 2.05) is 13.8 Å². The fourth-order valence-electron chi connectivity index (χ4n) is 1.38. The number of hydrogen-bond donors (Lipinski definition) is 3. The van der Waals surface area contributed by atoms with Crippen LogP contribution in [-0.4, -0.2) is 29.0 Å². The standard InChI is InChI=1S/C12H20ClN5O/c1-7(2)6-16-9(19)4-5-15-11-10(14)8(3)17-12(13)18-11/h7H,4-6,14H2,1-3H3,(H,16,19)(H,15,17,18). The van der Waals surface area contributed by atoms with Crippen LogP contribution < -0.4 is 16.4 Å². The third-order valence-corrected chi connectivity index (χ3v) is 2.63. The van der Waals surface area contributed by atoms with Gasteiger partial charge in [-0.2, -0.15) is 4.98 Å². The Morgan fingerprint density at radius 3 is 2.74 bits per heavy atom. The Balaban J connectivity index is 2.43. The molecule has 6 nitrogen and oxygen atoms in total. The van der Waals surface area contributed by atoms with Gasteiger partial charge in [-0.3, -0.25) is 4.79 Å². The van der Waals surface area contributed by atoms with Gasteiger partial charge in [-0.1, -0.05) is 13.8 Å². The molecule has 0 aliphatic rings. The lowest BCUT2D eigenvalue weighted by atomic mass is 10.2. The van der Waals surface area contributed by atoms with E-state index in [1.165, 1.54) is 0 Å². The van der Waals surface area contributed by atoms with Gasteiger partial charge in [-0.15, -0.1) is 0 Å². The molecule has 1 amide bonds. The van der Waals surface area contributed by atoms with E-state index in [2.05, 4.69) is 20.6 Å². The third-order valence-electron chi connectivity index (χ3n) is 2.46. The molecule has 0 bridgehead atoms. The molecule has 0 unspecified atom stereocenters. The molecular weight excluding hydrogens is 266 g/mol. The third kappa shape index (κ3) is 5.30. The van der Waals surface area contributed by atoms with Crippen LogP contribution >= 0.6 is 11.6 Å². The number of nitrogens with two attached hydrogens (primary N) is 1. The Kier molecular flexibility index (Phi) is 5.82. The Morgan fingerprint density at radius 2 is 2.11 bits per heavy atom. The van der Waals surface area contributed by atoms with Gasteiger partial charge in [0.05, 0.1) is 11.4 Å². The van der Waals surface area contributed by atoms with Crippen LogP contribution in [0.2, 0.25) is 5.28 Å². The highest BCUT2D eigenvalue weighted by Gasteiger charge is 2.08. The first-order valence-electron chi connectivity index (χ1n) is 6.20. The van der Waals surface area contributed by atoms with E-state index in [0.717, 1.165) is 0 Å². The summed E-state index contributed by atoms with van der Waals surface area (Å²) in [6, 6.07) is 0. The average Bonchev–Trinajstić information content (AvgIpc) is 2.32. The summed E-state index contributed by atoms with van der Waals surface area (Å²) in [5.41, 5.74) is 6.89. The van der Waals surface area contributed by atoms with Crippen molar-refractivity contribution < 1.29 is 4.79 Å². The summed E-state index contributed by atoms with van der Waals surface area (Å²) >= 11 is 5.75. The van der Waals surface area contributed by atoms with Crippen LogP contribution in [0.3, 0.4) is 0 Å². The van der Waals surface area contributed by atoms with Gasteiger partial charge in [0.15, 0.2) is 5.82 Å². The van der Waals surface area contributed by atoms with Crippen molar-refractivity contribution in [3.8, 4) is 0 Å². The minimum atomic E-state index is -0.00311. The molecule has 0 saturated heterocycles. The van der Waals surface area contributed by atoms with Crippen LogP contribution in [0, 0.1) is 12.8 Å². The predicted octanol–water partition coefficient (Wildman–Crippen LogP) is 1.59. The van der Waals surface area contributed by atoms with Crippen molar-refractivity contribution in [1.82, 2.24) is 15.3 Å². The molecule has 0 atom stereocenters. The van der Waals surface area contributed by atoms with E-state index < -0.39 is 0 Å². The minimum absolute atomic E-state index is 0.00311. The Bertz CT molecular complexity index is 450. The van der Waals surface area contributed by atoms with Crippen molar-refractivity contribution in [2.45, 2.75) is 27.2 Å². The van der Waals surface area contributed by atoms with Crippen molar-refractivity contribution in [3.05, 3.63) is 11.0 Å². The van der Waals surface area contributed by atoms with Gasteiger partial charge >= 0.3 is 0 Å². The van der Waals surface area contributed by atoms with Crippen LogP contribution in [0.15, 0.2) is 0 Å². The van der Waals surface area contributed by atoms with Gasteiger partial charge in [0.25, 0.3) is 0 Å². The SMILES string of the molecule is Cc1nc(Cl)nc(NCCC(=O)NCC(C)C)c1N. The first kappa shape index (κ1) is 15.5. The maximum atomic E-state index is 11.5. The van der Waals surface area contributed by atoms with Crippen LogP contribution in [0.25, 0.3) is 0 Å². The van der Waals surface area contributed by atoms with Gasteiger partial charge in [-0.25, -0.2) is 4.98 Å². The molecule has 0 fully saturated rings. The van der Waals surface area contributed by atoms with Crippen LogP contribution in [-0.2, 0) is 4.79 Å². The van der Waals surface area contributed by atoms with Gasteiger partial charge in [-0.05, 0) is 24.4 Å². The van der Waals surface area contributed by atoms with Crippen molar-refractivity contribution >= 4 is 29.0 Å². The number of nitrogen functional groups attached to an aromatic ring is 1. The number of rotatable bonds is 6. The van der Waals surface area contributed by atoms with Crippen LogP contribution in [0.4, 0.5) is 11.5 Å². The number of halogens is 1. The Morgan fingerprint density at radius 1 is 1.42 bits per heavy atom. The number of carbonyl (C=O) groups is 1. The zero-order chi connectivity index (χ0) is 14.4. The molecule has 7 heteroatoms. The van der Waals surface area contributed by atoms with Crippen LogP contribution in [0.1, 0.15) is 26.0 Å². The highest BCUT2D eigenvalue weighted by Crippen LogP contribution is 2.20. The molecule has 1 rings (SSSR count). The van der Waals surface area contributed by atoms with Crippen LogP contribution in [0.5, 0.6) is 0 Å². The number of aryl methyl sites for hydroxylation is 1. The van der Waals surface area contributed by atoms with Gasteiger partial charge in [0, 0.05) is 19.5 Å². The van der Waals surface area contributed by atoms with Gasteiger partial charge in [0.2, 0.25) is 11.2 Å². The largest absolute Gasteiger partial charge is 0.394 e. The summed E-state index contributed by atoms with van der Waals surface area (Å²) < 4.78 is 0. The van der Waals surface area contributed by atoms with E-state index >= 15 is 0 Å². The van der Waals surface area contributed by atoms with Crippen molar-refractivity contribution in [3.63, 3.8) is 0 Å². The predicted molar refractivity (Wildman–Crippen MR) is 77.1 cm³/mol. The molecule has 0 aliphatic heterocycles. The first-order valence-corrected chi connectivity index (χ1v) is 6.58. The molecule has 19 heavy (non-hydrogen) atoms. The van der Waals surface area contributed by atoms with E-state index in [9.17, 15) is 4.79 Å². The number of aromatic nitrogens is 2. The lowest BCUT2D eigenvalue weighted by Crippen LogP contribution is -2.28. The molecular formula is C12H20ClN5O. The lowest BCUT2D eigenvalue weighted by molar-refractivity contribution is -0.120. The van der Waals surface area contributed by atoms with E-state index in [4.69, 9.17) is 17.3 Å². The smallest absolute Gasteiger partial charge is 0.224 e. The topological polar surface area (TPSA) is 92.9 Å². The van der Waals surface area contributed by atoms with Crippen molar-refractivity contribution in [1.29, 1.82) is 0 Å². The highest BCUT2D eigenvalue weighted by molar-refractivity contribution is 6.28. The van der Waals surface area contributed by atoms with Crippen molar-refractivity contribution in [2.75, 3.05) is 24.1 Å². The highest BCUT2D eigenvalue weighted by atomic mass is 35.5. The number of nitrogens with one attached hydrogen (secondary N) is 2. The minimum Gasteiger partial charge on any atom is -0.394 e. The second kappa shape index (κ2) is 7.13. The fraction of sp³-hybridized carbons (Fsp3) is 0.583. The molecule has 0 aliphatic carbocycles. The van der Waals surface area contributed by atoms with E-state index in [-0.39, 0.29) is 11.2 Å². The number of nitrogens with zero attached hydrogens (tertiary/aromatic N) is 2. The van der Waals surface area contributed by atoms with Crippen molar-refractivity contribution in [2.24, 2.45) is 5.92 Å². The average molecular weight is 286 g/mol. The summed E-state index contributed by atoms with van der Waals surface area (Å²) in [6.07, 6.45) is 0.354. The number of hydrogen-bond acceptors (Lipinski definition) is 5. The summed E-state index contributed by atoms with van der Waals surface area (Å²) in [5, 5.41) is 5.97. The number of anilines is 2. The maximum absolute atomic E-state index is 11.5. The normalized spacial score (nSPS) is 10.6. The molecule has 1 heterocycles. The van der Waals surface area contributed by atoms with Gasteiger partial charge in [0.1, 0.15) is 0 Å². The van der Waals surface area contributed by atoms with E-state index in [0.29, 0.717) is 42.6 Å². The second-order valence-electron chi connectivity index (χ2n) is 4.72. The molecule has 0 spiro atoms. The first-order chi connectivity index (χ1) is 8.90. The summed E-state index contributed by atoms with van der Waals surface area (Å²) in [5.74, 6) is 0.904. The lowest BCUT2D eigenvalue weighted by Gasteiger charge is -2.11. The molecule has 4 N–H and O–H groups in total. The molecule has 1 aromatic heterocycles. The summed E-state index contributed by atoms with van der Waals surface area (Å²) in [7, 11) is 0. The van der Waals surface area contributed by atoms with E-state index in [1.54, 1.807) is 6.92 Å². The molecule has 106 valence electrons. The zero-order valence-electron chi connectivity index (χ0n) is 11.5. The summed E-state index contributed by atoms with van der Waals surface area (Å²) in [6.45, 7) is 6.97. The Labute approximate surface area is 118 Å². The molecule has 0 radical (unpaired) electrons. The number of carbonyl (C=O) groups excluding carboxylic acids is 1. The maximum Gasteiger partial charge on any atom is 0.224 e. The molecule has 1 aromatic rings. The Hall–Kier alpha value is -1.56. The summed E-state index contributed by atoms with van der Waals surface area (Å²) in [4.78, 5) is 19.4. The zero-order valence-corrected chi connectivity index (χ0v) is 12.2. The quantitative estimate of drug-likeness (QED) is 0.690. The molecule has 0 saturated carbocycles.